The van der Waals surface area contributed by atoms with Gasteiger partial charge in [0.05, 0.1) is 6.54 Å². The first-order valence-corrected chi connectivity index (χ1v) is 7.24. The van der Waals surface area contributed by atoms with Crippen molar-refractivity contribution in [2.75, 3.05) is 0 Å². The summed E-state index contributed by atoms with van der Waals surface area (Å²) in [6.45, 7) is 0.357. The number of hydrogen-bond acceptors (Lipinski definition) is 5. The quantitative estimate of drug-likeness (QED) is 0.716. The molecule has 0 bridgehead atoms. The van der Waals surface area contributed by atoms with Crippen LogP contribution in [0.25, 0.3) is 0 Å². The molecule has 0 aliphatic carbocycles. The van der Waals surface area contributed by atoms with Crippen LogP contribution >= 0.6 is 0 Å². The fourth-order valence-corrected chi connectivity index (χ4v) is 2.31. The molecule has 0 unspecified atom stereocenters. The number of tetrazole rings is 1. The van der Waals surface area contributed by atoms with Crippen molar-refractivity contribution in [3.63, 3.8) is 0 Å². The fraction of sp³-hybridized carbons (Fsp3) is 0.267. The lowest BCUT2D eigenvalue weighted by molar-refractivity contribution is -0.124. The van der Waals surface area contributed by atoms with E-state index in [9.17, 15) is 4.79 Å². The van der Waals surface area contributed by atoms with Crippen LogP contribution in [0.15, 0.2) is 49.1 Å². The lowest BCUT2D eigenvalue weighted by Gasteiger charge is -2.16. The number of carbonyl (C=O) groups excluding carboxylic acids is 1. The molecule has 8 nitrogen and oxygen atoms in total. The van der Waals surface area contributed by atoms with E-state index >= 15 is 0 Å². The van der Waals surface area contributed by atoms with E-state index in [0.29, 0.717) is 13.0 Å². The molecule has 2 heterocycles. The van der Waals surface area contributed by atoms with Crippen molar-refractivity contribution in [1.29, 1.82) is 0 Å². The summed E-state index contributed by atoms with van der Waals surface area (Å²) < 4.78 is 3.34. The first kappa shape index (κ1) is 14.9. The number of carbonyl (C=O) groups is 1. The van der Waals surface area contributed by atoms with Gasteiger partial charge in [-0.3, -0.25) is 4.79 Å². The number of imidazole rings is 1. The predicted octanol–water partition coefficient (Wildman–Crippen LogP) is 0.507. The molecule has 23 heavy (non-hydrogen) atoms. The minimum Gasteiger partial charge on any atom is -0.347 e. The van der Waals surface area contributed by atoms with Gasteiger partial charge in [0.2, 0.25) is 5.91 Å². The second kappa shape index (κ2) is 6.82. The summed E-state index contributed by atoms with van der Waals surface area (Å²) in [6.07, 6.45) is 5.50. The Hall–Kier alpha value is -3.03. The van der Waals surface area contributed by atoms with E-state index < -0.39 is 6.04 Å². The molecule has 0 fully saturated rings. The average molecular weight is 311 g/mol. The smallest absolute Gasteiger partial charge is 0.245 e. The molecule has 1 N–H and O–H groups in total. The molecule has 0 spiro atoms. The minimum atomic E-state index is -0.507. The van der Waals surface area contributed by atoms with Crippen LogP contribution < -0.4 is 5.32 Å². The summed E-state index contributed by atoms with van der Waals surface area (Å²) in [5.41, 5.74) is 1.04. The van der Waals surface area contributed by atoms with E-state index in [1.54, 1.807) is 6.20 Å². The number of nitrogens with one attached hydrogen (secondary N) is 1. The van der Waals surface area contributed by atoms with Crippen molar-refractivity contribution < 1.29 is 4.79 Å². The van der Waals surface area contributed by atoms with E-state index in [-0.39, 0.29) is 5.91 Å². The number of nitrogens with zero attached hydrogens (tertiary/aromatic N) is 6. The molecular formula is C15H17N7O. The number of benzene rings is 1. The van der Waals surface area contributed by atoms with Crippen LogP contribution in [0.5, 0.6) is 0 Å². The summed E-state index contributed by atoms with van der Waals surface area (Å²) in [6, 6.07) is 9.27. The van der Waals surface area contributed by atoms with E-state index in [1.807, 2.05) is 48.1 Å². The molecule has 0 saturated heterocycles. The SMILES string of the molecule is Cn1ccnc1CNC(=O)[C@H](Cc1ccccc1)n1cnnn1. The summed E-state index contributed by atoms with van der Waals surface area (Å²) in [7, 11) is 1.89. The predicted molar refractivity (Wildman–Crippen MR) is 82.1 cm³/mol. The van der Waals surface area contributed by atoms with Crippen LogP contribution in [-0.4, -0.2) is 35.7 Å². The van der Waals surface area contributed by atoms with Crippen molar-refractivity contribution in [3.05, 3.63) is 60.4 Å². The van der Waals surface area contributed by atoms with Crippen LogP contribution in [0.3, 0.4) is 0 Å². The minimum absolute atomic E-state index is 0.149. The number of hydrogen-bond donors (Lipinski definition) is 1. The molecule has 8 heteroatoms. The zero-order valence-electron chi connectivity index (χ0n) is 12.7. The van der Waals surface area contributed by atoms with Gasteiger partial charge in [-0.15, -0.1) is 5.10 Å². The van der Waals surface area contributed by atoms with Gasteiger partial charge in [0.15, 0.2) is 0 Å². The van der Waals surface area contributed by atoms with E-state index in [4.69, 9.17) is 0 Å². The van der Waals surface area contributed by atoms with Crippen molar-refractivity contribution in [3.8, 4) is 0 Å². The Kier molecular flexibility index (Phi) is 4.41. The van der Waals surface area contributed by atoms with Crippen molar-refractivity contribution in [2.45, 2.75) is 19.0 Å². The lowest BCUT2D eigenvalue weighted by Crippen LogP contribution is -2.34. The molecule has 0 saturated carbocycles. The lowest BCUT2D eigenvalue weighted by atomic mass is 10.1. The van der Waals surface area contributed by atoms with Crippen LogP contribution in [0.1, 0.15) is 17.4 Å². The summed E-state index contributed by atoms with van der Waals surface area (Å²) >= 11 is 0. The van der Waals surface area contributed by atoms with E-state index in [2.05, 4.69) is 25.8 Å². The maximum absolute atomic E-state index is 12.6. The molecule has 3 aromatic rings. The van der Waals surface area contributed by atoms with Gasteiger partial charge >= 0.3 is 0 Å². The first-order chi connectivity index (χ1) is 11.2. The Morgan fingerprint density at radius 3 is 2.78 bits per heavy atom. The Morgan fingerprint density at radius 1 is 1.30 bits per heavy atom. The van der Waals surface area contributed by atoms with Crippen LogP contribution in [0.4, 0.5) is 0 Å². The zero-order chi connectivity index (χ0) is 16.1. The van der Waals surface area contributed by atoms with Gasteiger partial charge in [-0.25, -0.2) is 9.67 Å². The van der Waals surface area contributed by atoms with Crippen molar-refractivity contribution in [2.24, 2.45) is 7.05 Å². The standard InChI is InChI=1S/C15H17N7O/c1-21-8-7-16-14(21)10-17-15(23)13(22-11-18-19-20-22)9-12-5-3-2-4-6-12/h2-8,11,13H,9-10H2,1H3,(H,17,23)/t13-/m0/s1. The molecule has 0 aliphatic heterocycles. The second-order valence-electron chi connectivity index (χ2n) is 5.17. The highest BCUT2D eigenvalue weighted by Gasteiger charge is 2.22. The van der Waals surface area contributed by atoms with Crippen LogP contribution in [-0.2, 0) is 24.8 Å². The molecule has 1 atom stereocenters. The zero-order valence-corrected chi connectivity index (χ0v) is 12.7. The summed E-state index contributed by atoms with van der Waals surface area (Å²) in [5, 5.41) is 14.0. The Bertz CT molecular complexity index is 751. The van der Waals surface area contributed by atoms with Crippen LogP contribution in [0.2, 0.25) is 0 Å². The maximum atomic E-state index is 12.6. The van der Waals surface area contributed by atoms with Gasteiger partial charge in [0.25, 0.3) is 0 Å². The highest BCUT2D eigenvalue weighted by atomic mass is 16.2. The van der Waals surface area contributed by atoms with Gasteiger partial charge in [-0.1, -0.05) is 30.3 Å². The molecule has 118 valence electrons. The van der Waals surface area contributed by atoms with Gasteiger partial charge in [0.1, 0.15) is 18.2 Å². The second-order valence-corrected chi connectivity index (χ2v) is 5.17. The third-order valence-corrected chi connectivity index (χ3v) is 3.60. The fourth-order valence-electron chi connectivity index (χ4n) is 2.31. The van der Waals surface area contributed by atoms with Gasteiger partial charge in [-0.2, -0.15) is 0 Å². The Labute approximate surface area is 133 Å². The van der Waals surface area contributed by atoms with Gasteiger partial charge in [-0.05, 0) is 16.0 Å². The third kappa shape index (κ3) is 3.60. The Balaban J connectivity index is 1.72. The van der Waals surface area contributed by atoms with Crippen molar-refractivity contribution >= 4 is 5.91 Å². The topological polar surface area (TPSA) is 90.5 Å². The van der Waals surface area contributed by atoms with E-state index in [0.717, 1.165) is 11.4 Å². The third-order valence-electron chi connectivity index (χ3n) is 3.60. The number of rotatable bonds is 6. The molecule has 0 radical (unpaired) electrons. The highest BCUT2D eigenvalue weighted by molar-refractivity contribution is 5.80. The van der Waals surface area contributed by atoms with Crippen LogP contribution in [0, 0.1) is 0 Å². The molecule has 0 aliphatic rings. The molecule has 1 amide bonds. The highest BCUT2D eigenvalue weighted by Crippen LogP contribution is 2.13. The van der Waals surface area contributed by atoms with Gasteiger partial charge in [0, 0.05) is 25.9 Å². The number of amides is 1. The number of aromatic nitrogens is 6. The van der Waals surface area contributed by atoms with Gasteiger partial charge < -0.3 is 9.88 Å². The van der Waals surface area contributed by atoms with Crippen molar-refractivity contribution in [1.82, 2.24) is 35.1 Å². The Morgan fingerprint density at radius 2 is 2.13 bits per heavy atom. The summed E-state index contributed by atoms with van der Waals surface area (Å²) in [5.74, 6) is 0.637. The molecule has 2 aromatic heterocycles. The van der Waals surface area contributed by atoms with E-state index in [1.165, 1.54) is 11.0 Å². The first-order valence-electron chi connectivity index (χ1n) is 7.24. The molecule has 3 rings (SSSR count). The molecule has 1 aromatic carbocycles. The normalized spacial score (nSPS) is 12.0. The molecular weight excluding hydrogens is 294 g/mol. The average Bonchev–Trinajstić information content (AvgIpc) is 3.23. The summed E-state index contributed by atoms with van der Waals surface area (Å²) in [4.78, 5) is 16.8. The maximum Gasteiger partial charge on any atom is 0.245 e. The number of aryl methyl sites for hydroxylation is 1. The largest absolute Gasteiger partial charge is 0.347 e. The monoisotopic (exact) mass is 311 g/mol.